The van der Waals surface area contributed by atoms with E-state index in [1.54, 1.807) is 18.2 Å². The summed E-state index contributed by atoms with van der Waals surface area (Å²) in [6.07, 6.45) is 0.375. The van der Waals surface area contributed by atoms with Crippen molar-refractivity contribution in [1.82, 2.24) is 4.31 Å². The van der Waals surface area contributed by atoms with E-state index in [4.69, 9.17) is 4.74 Å². The number of carbonyl (C=O) groups is 1. The molecule has 4 rings (SSSR count). The SMILES string of the molecule is O=C(OCc1ccccc1)C1C[C@H](Br)CN1S(=O)(=O)c1ccc2ccccc2c1. The molecule has 1 saturated heterocycles. The van der Waals surface area contributed by atoms with E-state index < -0.39 is 22.0 Å². The standard InChI is InChI=1S/C22H20BrNO4S/c23-19-13-21(22(25)28-15-16-6-2-1-3-7-16)24(14-19)29(26,27)20-11-10-17-8-4-5-9-18(17)12-20/h1-12,19,21H,13-15H2/t19-,21?/m0/s1. The molecule has 1 unspecified atom stereocenters. The summed E-state index contributed by atoms with van der Waals surface area (Å²) in [5, 5.41) is 1.80. The summed E-state index contributed by atoms with van der Waals surface area (Å²) in [6, 6.07) is 21.1. The van der Waals surface area contributed by atoms with Crippen molar-refractivity contribution in [2.24, 2.45) is 0 Å². The number of ether oxygens (including phenoxy) is 1. The molecule has 1 aliphatic heterocycles. The summed E-state index contributed by atoms with van der Waals surface area (Å²) >= 11 is 3.47. The van der Waals surface area contributed by atoms with Gasteiger partial charge in [-0.2, -0.15) is 4.31 Å². The minimum Gasteiger partial charge on any atom is -0.460 e. The summed E-state index contributed by atoms with van der Waals surface area (Å²) < 4.78 is 33.3. The van der Waals surface area contributed by atoms with E-state index in [1.807, 2.05) is 54.6 Å². The molecular formula is C22H20BrNO4S. The van der Waals surface area contributed by atoms with Crippen LogP contribution < -0.4 is 0 Å². The summed E-state index contributed by atoms with van der Waals surface area (Å²) in [4.78, 5) is 12.8. The van der Waals surface area contributed by atoms with Crippen molar-refractivity contribution in [2.75, 3.05) is 6.54 Å². The lowest BCUT2D eigenvalue weighted by Crippen LogP contribution is -2.41. The average Bonchev–Trinajstić information content (AvgIpc) is 3.15. The first-order valence-corrected chi connectivity index (χ1v) is 11.7. The van der Waals surface area contributed by atoms with Gasteiger partial charge in [-0.15, -0.1) is 0 Å². The molecule has 150 valence electrons. The third-order valence-electron chi connectivity index (χ3n) is 5.03. The van der Waals surface area contributed by atoms with Crippen molar-refractivity contribution in [3.05, 3.63) is 78.4 Å². The normalized spacial score (nSPS) is 20.0. The summed E-state index contributed by atoms with van der Waals surface area (Å²) in [7, 11) is -3.84. The minimum atomic E-state index is -3.84. The van der Waals surface area contributed by atoms with E-state index in [9.17, 15) is 13.2 Å². The Kier molecular flexibility index (Phi) is 5.72. The number of sulfonamides is 1. The van der Waals surface area contributed by atoms with Gasteiger partial charge in [-0.1, -0.05) is 76.6 Å². The van der Waals surface area contributed by atoms with Crippen LogP contribution in [0.15, 0.2) is 77.7 Å². The lowest BCUT2D eigenvalue weighted by molar-refractivity contribution is -0.148. The van der Waals surface area contributed by atoms with Gasteiger partial charge in [-0.05, 0) is 34.9 Å². The van der Waals surface area contributed by atoms with Gasteiger partial charge < -0.3 is 4.74 Å². The molecule has 3 aromatic carbocycles. The zero-order valence-corrected chi connectivity index (χ0v) is 18.0. The molecular weight excluding hydrogens is 454 g/mol. The number of carbonyl (C=O) groups excluding carboxylic acids is 1. The molecule has 7 heteroatoms. The number of benzene rings is 3. The minimum absolute atomic E-state index is 0.105. The van der Waals surface area contributed by atoms with Crippen LogP contribution in [0.5, 0.6) is 0 Å². The van der Waals surface area contributed by atoms with E-state index in [-0.39, 0.29) is 22.9 Å². The highest BCUT2D eigenvalue weighted by Gasteiger charge is 2.44. The fraction of sp³-hybridized carbons (Fsp3) is 0.227. The molecule has 0 N–H and O–H groups in total. The van der Waals surface area contributed by atoms with Gasteiger partial charge in [0.15, 0.2) is 0 Å². The molecule has 29 heavy (non-hydrogen) atoms. The lowest BCUT2D eigenvalue weighted by Gasteiger charge is -2.23. The van der Waals surface area contributed by atoms with Crippen LogP contribution in [-0.4, -0.2) is 36.1 Å². The smallest absolute Gasteiger partial charge is 0.324 e. The van der Waals surface area contributed by atoms with Crippen molar-refractivity contribution in [3.8, 4) is 0 Å². The van der Waals surface area contributed by atoms with Crippen LogP contribution in [0.1, 0.15) is 12.0 Å². The Morgan fingerprint density at radius 2 is 1.69 bits per heavy atom. The summed E-state index contributed by atoms with van der Waals surface area (Å²) in [6.45, 7) is 0.341. The summed E-state index contributed by atoms with van der Waals surface area (Å²) in [5.74, 6) is -0.528. The number of nitrogens with zero attached hydrogens (tertiary/aromatic N) is 1. The maximum atomic E-state index is 13.3. The van der Waals surface area contributed by atoms with Crippen molar-refractivity contribution < 1.29 is 17.9 Å². The Bertz CT molecular complexity index is 1130. The Morgan fingerprint density at radius 3 is 2.45 bits per heavy atom. The number of halogens is 1. The Labute approximate surface area is 178 Å². The topological polar surface area (TPSA) is 63.7 Å². The van der Waals surface area contributed by atoms with Crippen LogP contribution in [0, 0.1) is 0 Å². The molecule has 0 aromatic heterocycles. The average molecular weight is 474 g/mol. The number of alkyl halides is 1. The fourth-order valence-electron chi connectivity index (χ4n) is 3.52. The largest absolute Gasteiger partial charge is 0.460 e. The Morgan fingerprint density at radius 1 is 1.00 bits per heavy atom. The second-order valence-corrected chi connectivity index (χ2v) is 10.2. The van der Waals surface area contributed by atoms with Gasteiger partial charge in [0.2, 0.25) is 10.0 Å². The van der Waals surface area contributed by atoms with E-state index in [1.165, 1.54) is 4.31 Å². The van der Waals surface area contributed by atoms with Crippen LogP contribution in [-0.2, 0) is 26.2 Å². The lowest BCUT2D eigenvalue weighted by atomic mass is 10.1. The monoisotopic (exact) mass is 473 g/mol. The first kappa shape index (κ1) is 20.1. The van der Waals surface area contributed by atoms with Gasteiger partial charge in [0.1, 0.15) is 12.6 Å². The van der Waals surface area contributed by atoms with E-state index in [2.05, 4.69) is 15.9 Å². The van der Waals surface area contributed by atoms with Crippen LogP contribution in [0.3, 0.4) is 0 Å². The highest BCUT2D eigenvalue weighted by atomic mass is 79.9. The van der Waals surface area contributed by atoms with Crippen molar-refractivity contribution in [2.45, 2.75) is 28.8 Å². The second-order valence-electron chi connectivity index (χ2n) is 7.03. The Hall–Kier alpha value is -2.22. The molecule has 5 nitrogen and oxygen atoms in total. The first-order valence-electron chi connectivity index (χ1n) is 9.30. The highest BCUT2D eigenvalue weighted by molar-refractivity contribution is 9.09. The van der Waals surface area contributed by atoms with Crippen molar-refractivity contribution in [3.63, 3.8) is 0 Å². The van der Waals surface area contributed by atoms with Gasteiger partial charge >= 0.3 is 5.97 Å². The maximum Gasteiger partial charge on any atom is 0.324 e. The van der Waals surface area contributed by atoms with Crippen LogP contribution in [0.4, 0.5) is 0 Å². The molecule has 1 aliphatic rings. The quantitative estimate of drug-likeness (QED) is 0.413. The Balaban J connectivity index is 1.57. The molecule has 3 aromatic rings. The van der Waals surface area contributed by atoms with Crippen molar-refractivity contribution in [1.29, 1.82) is 0 Å². The molecule has 0 aliphatic carbocycles. The number of rotatable bonds is 5. The van der Waals surface area contributed by atoms with Crippen LogP contribution in [0.25, 0.3) is 10.8 Å². The number of fused-ring (bicyclic) bond motifs is 1. The molecule has 0 bridgehead atoms. The molecule has 1 heterocycles. The van der Waals surface area contributed by atoms with E-state index in [0.717, 1.165) is 16.3 Å². The molecule has 0 radical (unpaired) electrons. The van der Waals surface area contributed by atoms with Gasteiger partial charge in [-0.25, -0.2) is 8.42 Å². The van der Waals surface area contributed by atoms with Crippen LogP contribution in [0.2, 0.25) is 0 Å². The van der Waals surface area contributed by atoms with Gasteiger partial charge in [-0.3, -0.25) is 4.79 Å². The van der Waals surface area contributed by atoms with Gasteiger partial charge in [0, 0.05) is 11.4 Å². The predicted molar refractivity (Wildman–Crippen MR) is 115 cm³/mol. The van der Waals surface area contributed by atoms with E-state index in [0.29, 0.717) is 6.42 Å². The summed E-state index contributed by atoms with van der Waals surface area (Å²) in [5.41, 5.74) is 0.859. The third kappa shape index (κ3) is 4.22. The molecule has 0 amide bonds. The van der Waals surface area contributed by atoms with Crippen LogP contribution >= 0.6 is 15.9 Å². The molecule has 0 saturated carbocycles. The molecule has 1 fully saturated rings. The van der Waals surface area contributed by atoms with E-state index >= 15 is 0 Å². The maximum absolute atomic E-state index is 13.3. The zero-order chi connectivity index (χ0) is 20.4. The number of esters is 1. The number of hydrogen-bond acceptors (Lipinski definition) is 4. The predicted octanol–water partition coefficient (Wildman–Crippen LogP) is 4.11. The third-order valence-corrected chi connectivity index (χ3v) is 7.56. The van der Waals surface area contributed by atoms with Gasteiger partial charge in [0.25, 0.3) is 0 Å². The molecule has 0 spiro atoms. The van der Waals surface area contributed by atoms with Crippen molar-refractivity contribution >= 4 is 42.7 Å². The van der Waals surface area contributed by atoms with Gasteiger partial charge in [0.05, 0.1) is 4.90 Å². The first-order chi connectivity index (χ1) is 13.9. The highest BCUT2D eigenvalue weighted by Crippen LogP contribution is 2.31. The zero-order valence-electron chi connectivity index (χ0n) is 15.6. The number of hydrogen-bond donors (Lipinski definition) is 0. The second kappa shape index (κ2) is 8.26. The molecule has 2 atom stereocenters. The fourth-order valence-corrected chi connectivity index (χ4v) is 6.05.